The summed E-state index contributed by atoms with van der Waals surface area (Å²) in [6.07, 6.45) is 3.18. The molecule has 6 heteroatoms. The minimum Gasteiger partial charge on any atom is -0.396 e. The Kier molecular flexibility index (Phi) is 5.38. The number of rotatable bonds is 5. The van der Waals surface area contributed by atoms with Gasteiger partial charge in [0.1, 0.15) is 0 Å². The highest BCUT2D eigenvalue weighted by molar-refractivity contribution is 5.76. The molecule has 0 saturated carbocycles. The molecule has 1 aromatic heterocycles. The Balaban J connectivity index is 1.83. The number of amides is 1. The number of nitrogens with zero attached hydrogens (tertiary/aromatic N) is 3. The quantitative estimate of drug-likeness (QED) is 0.881. The van der Waals surface area contributed by atoms with Crippen LogP contribution in [0.2, 0.25) is 0 Å². The zero-order chi connectivity index (χ0) is 15.2. The Labute approximate surface area is 125 Å². The van der Waals surface area contributed by atoms with Gasteiger partial charge < -0.3 is 20.3 Å². The molecule has 1 aliphatic heterocycles. The van der Waals surface area contributed by atoms with Crippen molar-refractivity contribution in [2.75, 3.05) is 43.9 Å². The SMILES string of the molecule is COC(C)CCC(=O)N1CCN(c2ncccc2N)CC1. The van der Waals surface area contributed by atoms with Gasteiger partial charge in [-0.3, -0.25) is 4.79 Å². The van der Waals surface area contributed by atoms with Crippen LogP contribution in [0.15, 0.2) is 18.3 Å². The van der Waals surface area contributed by atoms with Gasteiger partial charge in [0.05, 0.1) is 11.8 Å². The van der Waals surface area contributed by atoms with Crippen molar-refractivity contribution in [3.63, 3.8) is 0 Å². The van der Waals surface area contributed by atoms with Crippen molar-refractivity contribution in [3.8, 4) is 0 Å². The number of hydrogen-bond acceptors (Lipinski definition) is 5. The van der Waals surface area contributed by atoms with E-state index in [0.717, 1.165) is 38.4 Å². The molecule has 0 bridgehead atoms. The molecule has 1 saturated heterocycles. The van der Waals surface area contributed by atoms with Crippen LogP contribution in [0.1, 0.15) is 19.8 Å². The fraction of sp³-hybridized carbons (Fsp3) is 0.600. The molecule has 1 atom stereocenters. The zero-order valence-corrected chi connectivity index (χ0v) is 12.8. The molecule has 1 fully saturated rings. The van der Waals surface area contributed by atoms with Gasteiger partial charge in [0.25, 0.3) is 0 Å². The maximum atomic E-state index is 12.1. The van der Waals surface area contributed by atoms with Gasteiger partial charge in [-0.1, -0.05) is 0 Å². The van der Waals surface area contributed by atoms with Crippen LogP contribution < -0.4 is 10.6 Å². The molecule has 0 radical (unpaired) electrons. The summed E-state index contributed by atoms with van der Waals surface area (Å²) >= 11 is 0. The second kappa shape index (κ2) is 7.26. The first-order valence-corrected chi connectivity index (χ1v) is 7.38. The van der Waals surface area contributed by atoms with Crippen LogP contribution in [0.25, 0.3) is 0 Å². The van der Waals surface area contributed by atoms with Crippen molar-refractivity contribution in [1.29, 1.82) is 0 Å². The molecular weight excluding hydrogens is 268 g/mol. The summed E-state index contributed by atoms with van der Waals surface area (Å²) in [5.41, 5.74) is 6.63. The van der Waals surface area contributed by atoms with Gasteiger partial charge in [0.15, 0.2) is 5.82 Å². The van der Waals surface area contributed by atoms with Crippen molar-refractivity contribution in [3.05, 3.63) is 18.3 Å². The zero-order valence-electron chi connectivity index (χ0n) is 12.8. The van der Waals surface area contributed by atoms with Crippen molar-refractivity contribution in [2.24, 2.45) is 0 Å². The lowest BCUT2D eigenvalue weighted by molar-refractivity contribution is -0.132. The predicted octanol–water partition coefficient (Wildman–Crippen LogP) is 1.13. The monoisotopic (exact) mass is 292 g/mol. The fourth-order valence-electron chi connectivity index (χ4n) is 2.44. The molecule has 1 amide bonds. The van der Waals surface area contributed by atoms with Crippen molar-refractivity contribution < 1.29 is 9.53 Å². The summed E-state index contributed by atoms with van der Waals surface area (Å²) < 4.78 is 5.17. The number of pyridine rings is 1. The fourth-order valence-corrected chi connectivity index (χ4v) is 2.44. The number of carbonyl (C=O) groups excluding carboxylic acids is 1. The van der Waals surface area contributed by atoms with Crippen LogP contribution in [0.4, 0.5) is 11.5 Å². The van der Waals surface area contributed by atoms with E-state index < -0.39 is 0 Å². The normalized spacial score (nSPS) is 16.9. The van der Waals surface area contributed by atoms with Gasteiger partial charge in [-0.25, -0.2) is 4.98 Å². The van der Waals surface area contributed by atoms with Gasteiger partial charge in [0.2, 0.25) is 5.91 Å². The second-order valence-corrected chi connectivity index (χ2v) is 5.37. The molecule has 1 aliphatic rings. The second-order valence-electron chi connectivity index (χ2n) is 5.37. The summed E-state index contributed by atoms with van der Waals surface area (Å²) in [4.78, 5) is 20.5. The first kappa shape index (κ1) is 15.6. The highest BCUT2D eigenvalue weighted by Crippen LogP contribution is 2.20. The van der Waals surface area contributed by atoms with E-state index in [1.807, 2.05) is 24.0 Å². The summed E-state index contributed by atoms with van der Waals surface area (Å²) in [5, 5.41) is 0. The first-order chi connectivity index (χ1) is 10.1. The van der Waals surface area contributed by atoms with Gasteiger partial charge >= 0.3 is 0 Å². The van der Waals surface area contributed by atoms with E-state index in [0.29, 0.717) is 12.1 Å². The Morgan fingerprint density at radius 1 is 1.43 bits per heavy atom. The first-order valence-electron chi connectivity index (χ1n) is 7.38. The molecule has 0 aromatic carbocycles. The van der Waals surface area contributed by atoms with Gasteiger partial charge in [-0.2, -0.15) is 0 Å². The van der Waals surface area contributed by atoms with Gasteiger partial charge in [-0.15, -0.1) is 0 Å². The van der Waals surface area contributed by atoms with E-state index in [1.165, 1.54) is 0 Å². The number of nitrogen functional groups attached to an aromatic ring is 1. The lowest BCUT2D eigenvalue weighted by atomic mass is 10.2. The number of piperazine rings is 1. The van der Waals surface area contributed by atoms with E-state index in [4.69, 9.17) is 10.5 Å². The van der Waals surface area contributed by atoms with E-state index in [2.05, 4.69) is 9.88 Å². The summed E-state index contributed by atoms with van der Waals surface area (Å²) in [6, 6.07) is 3.68. The molecule has 2 N–H and O–H groups in total. The molecule has 1 aromatic rings. The minimum absolute atomic E-state index is 0.128. The number of nitrogens with two attached hydrogens (primary N) is 1. The summed E-state index contributed by atoms with van der Waals surface area (Å²) in [7, 11) is 1.67. The maximum absolute atomic E-state index is 12.1. The average Bonchev–Trinajstić information content (AvgIpc) is 2.53. The molecule has 2 heterocycles. The van der Waals surface area contributed by atoms with Gasteiger partial charge in [-0.05, 0) is 25.5 Å². The van der Waals surface area contributed by atoms with Crippen molar-refractivity contribution >= 4 is 17.4 Å². The Morgan fingerprint density at radius 2 is 2.14 bits per heavy atom. The lowest BCUT2D eigenvalue weighted by Gasteiger charge is -2.36. The minimum atomic E-state index is 0.128. The molecule has 116 valence electrons. The number of anilines is 2. The predicted molar refractivity (Wildman–Crippen MR) is 83.1 cm³/mol. The Morgan fingerprint density at radius 3 is 2.76 bits per heavy atom. The topological polar surface area (TPSA) is 71.7 Å². The van der Waals surface area contributed by atoms with Crippen molar-refractivity contribution in [2.45, 2.75) is 25.9 Å². The molecule has 6 nitrogen and oxygen atoms in total. The Bertz CT molecular complexity index is 472. The highest BCUT2D eigenvalue weighted by atomic mass is 16.5. The number of aromatic nitrogens is 1. The highest BCUT2D eigenvalue weighted by Gasteiger charge is 2.22. The average molecular weight is 292 g/mol. The van der Waals surface area contributed by atoms with E-state index in [-0.39, 0.29) is 12.0 Å². The van der Waals surface area contributed by atoms with Gasteiger partial charge in [0, 0.05) is 45.9 Å². The number of ether oxygens (including phenoxy) is 1. The molecule has 0 spiro atoms. The molecule has 21 heavy (non-hydrogen) atoms. The summed E-state index contributed by atoms with van der Waals surface area (Å²) in [5.74, 6) is 1.02. The van der Waals surface area contributed by atoms with Crippen LogP contribution >= 0.6 is 0 Å². The molecule has 0 aliphatic carbocycles. The van der Waals surface area contributed by atoms with Crippen LogP contribution in [0, 0.1) is 0 Å². The third-order valence-electron chi connectivity index (χ3n) is 3.92. The number of carbonyl (C=O) groups is 1. The van der Waals surface area contributed by atoms with Crippen LogP contribution in [0.5, 0.6) is 0 Å². The Hall–Kier alpha value is -1.82. The van der Waals surface area contributed by atoms with Crippen LogP contribution in [-0.2, 0) is 9.53 Å². The van der Waals surface area contributed by atoms with Crippen LogP contribution in [0.3, 0.4) is 0 Å². The third-order valence-corrected chi connectivity index (χ3v) is 3.92. The molecule has 2 rings (SSSR count). The van der Waals surface area contributed by atoms with Crippen LogP contribution in [-0.4, -0.2) is 55.2 Å². The molecule has 1 unspecified atom stereocenters. The third kappa shape index (κ3) is 4.07. The van der Waals surface area contributed by atoms with E-state index >= 15 is 0 Å². The number of methoxy groups -OCH3 is 1. The smallest absolute Gasteiger partial charge is 0.222 e. The lowest BCUT2D eigenvalue weighted by Crippen LogP contribution is -2.49. The van der Waals surface area contributed by atoms with Crippen molar-refractivity contribution in [1.82, 2.24) is 9.88 Å². The largest absolute Gasteiger partial charge is 0.396 e. The molecular formula is C15H24N4O2. The van der Waals surface area contributed by atoms with E-state index in [1.54, 1.807) is 13.3 Å². The maximum Gasteiger partial charge on any atom is 0.222 e. The standard InChI is InChI=1S/C15H24N4O2/c1-12(21-2)5-6-14(20)18-8-10-19(11-9-18)15-13(16)4-3-7-17-15/h3-4,7,12H,5-6,8-11,16H2,1-2H3. The number of hydrogen-bond donors (Lipinski definition) is 1. The van der Waals surface area contributed by atoms with E-state index in [9.17, 15) is 4.79 Å². The summed E-state index contributed by atoms with van der Waals surface area (Å²) in [6.45, 7) is 4.96.